The number of aliphatic hydroxyl groups is 2. The highest BCUT2D eigenvalue weighted by Gasteiger charge is 2.46. The van der Waals surface area contributed by atoms with Crippen molar-refractivity contribution in [2.45, 2.75) is 51.7 Å². The van der Waals surface area contributed by atoms with E-state index in [0.717, 1.165) is 6.42 Å². The normalized spacial score (nSPS) is 35.7. The van der Waals surface area contributed by atoms with Crippen LogP contribution >= 0.6 is 0 Å². The Morgan fingerprint density at radius 2 is 2.20 bits per heavy atom. The molecule has 0 aromatic carbocycles. The highest BCUT2D eigenvalue weighted by atomic mass is 16.3. The van der Waals surface area contributed by atoms with E-state index in [2.05, 4.69) is 11.8 Å². The lowest BCUT2D eigenvalue weighted by Gasteiger charge is -2.18. The van der Waals surface area contributed by atoms with E-state index in [4.69, 9.17) is 0 Å². The summed E-state index contributed by atoms with van der Waals surface area (Å²) in [6.45, 7) is 3.76. The van der Waals surface area contributed by atoms with Gasteiger partial charge in [0, 0.05) is 25.2 Å². The zero-order chi connectivity index (χ0) is 14.7. The molecule has 6 atom stereocenters. The Bertz CT molecular complexity index is 443. The van der Waals surface area contributed by atoms with E-state index in [0.29, 0.717) is 31.0 Å². The first-order valence-electron chi connectivity index (χ1n) is 7.48. The Hall–Kier alpha value is -1.11. The Morgan fingerprint density at radius 3 is 2.90 bits per heavy atom. The molecule has 2 rings (SSSR count). The van der Waals surface area contributed by atoms with Crippen LogP contribution in [0.15, 0.2) is 12.2 Å². The van der Waals surface area contributed by atoms with Crippen molar-refractivity contribution < 1.29 is 15.0 Å². The maximum Gasteiger partial charge on any atom is 0.133 e. The van der Waals surface area contributed by atoms with Gasteiger partial charge in [0.2, 0.25) is 0 Å². The molecular formula is C17H24O3. The second-order valence-electron chi connectivity index (χ2n) is 6.23. The van der Waals surface area contributed by atoms with Crippen LogP contribution in [0.1, 0.15) is 39.5 Å². The third kappa shape index (κ3) is 3.31. The Morgan fingerprint density at radius 1 is 1.45 bits per heavy atom. The number of carbonyl (C=O) groups excluding carboxylic acids is 1. The molecule has 110 valence electrons. The molecule has 0 amide bonds. The maximum absolute atomic E-state index is 11.5. The topological polar surface area (TPSA) is 57.5 Å². The average Bonchev–Trinajstić information content (AvgIpc) is 2.88. The highest BCUT2D eigenvalue weighted by Crippen LogP contribution is 2.46. The maximum atomic E-state index is 11.5. The second-order valence-corrected chi connectivity index (χ2v) is 6.23. The Labute approximate surface area is 121 Å². The van der Waals surface area contributed by atoms with Gasteiger partial charge in [-0.15, -0.1) is 11.8 Å². The molecule has 2 N–H and O–H groups in total. The Kier molecular flexibility index (Phi) is 5.01. The first-order valence-corrected chi connectivity index (χ1v) is 7.48. The van der Waals surface area contributed by atoms with Crippen molar-refractivity contribution in [1.29, 1.82) is 0 Å². The van der Waals surface area contributed by atoms with Crippen LogP contribution < -0.4 is 0 Å². The van der Waals surface area contributed by atoms with Gasteiger partial charge < -0.3 is 10.2 Å². The summed E-state index contributed by atoms with van der Waals surface area (Å²) in [5.41, 5.74) is 0. The van der Waals surface area contributed by atoms with Crippen LogP contribution in [-0.2, 0) is 4.79 Å². The van der Waals surface area contributed by atoms with Crippen molar-refractivity contribution in [2.24, 2.45) is 23.7 Å². The molecule has 20 heavy (non-hydrogen) atoms. The molecule has 2 aliphatic carbocycles. The fraction of sp³-hybridized carbons (Fsp3) is 0.706. The lowest BCUT2D eigenvalue weighted by molar-refractivity contribution is -0.118. The lowest BCUT2D eigenvalue weighted by Crippen LogP contribution is -2.20. The van der Waals surface area contributed by atoms with E-state index < -0.39 is 6.10 Å². The minimum atomic E-state index is -0.542. The summed E-state index contributed by atoms with van der Waals surface area (Å²) in [5.74, 6) is 6.83. The van der Waals surface area contributed by atoms with E-state index >= 15 is 0 Å². The van der Waals surface area contributed by atoms with Crippen LogP contribution in [0.5, 0.6) is 0 Å². The zero-order valence-corrected chi connectivity index (χ0v) is 12.2. The van der Waals surface area contributed by atoms with Gasteiger partial charge in [0.1, 0.15) is 5.78 Å². The average molecular weight is 276 g/mol. The van der Waals surface area contributed by atoms with Crippen molar-refractivity contribution in [3.63, 3.8) is 0 Å². The van der Waals surface area contributed by atoms with Gasteiger partial charge in [0.25, 0.3) is 0 Å². The number of aliphatic hydroxyl groups excluding tert-OH is 2. The van der Waals surface area contributed by atoms with Crippen LogP contribution in [0.2, 0.25) is 0 Å². The van der Waals surface area contributed by atoms with E-state index in [9.17, 15) is 15.0 Å². The first-order chi connectivity index (χ1) is 9.52. The first kappa shape index (κ1) is 15.3. The molecule has 3 nitrogen and oxygen atoms in total. The summed E-state index contributed by atoms with van der Waals surface area (Å²) in [7, 11) is 0. The monoisotopic (exact) mass is 276 g/mol. The number of Topliss-reactive ketones (excluding diaryl/α,β-unsaturated/α-hetero) is 1. The molecule has 2 saturated carbocycles. The summed E-state index contributed by atoms with van der Waals surface area (Å²) < 4.78 is 0. The van der Waals surface area contributed by atoms with Crippen molar-refractivity contribution in [3.8, 4) is 11.8 Å². The van der Waals surface area contributed by atoms with Crippen molar-refractivity contribution in [3.05, 3.63) is 12.2 Å². The van der Waals surface area contributed by atoms with Crippen molar-refractivity contribution >= 4 is 5.78 Å². The molecule has 2 fully saturated rings. The van der Waals surface area contributed by atoms with Crippen LogP contribution in [0.3, 0.4) is 0 Å². The number of fused-ring (bicyclic) bond motifs is 1. The van der Waals surface area contributed by atoms with Crippen LogP contribution in [-0.4, -0.2) is 28.2 Å². The number of ketones is 1. The molecule has 2 aliphatic rings. The second kappa shape index (κ2) is 6.56. The summed E-state index contributed by atoms with van der Waals surface area (Å²) in [5, 5.41) is 20.2. The number of carbonyl (C=O) groups is 1. The van der Waals surface area contributed by atoms with Crippen LogP contribution in [0.25, 0.3) is 0 Å². The minimum absolute atomic E-state index is 0.0190. The predicted octanol–water partition coefficient (Wildman–Crippen LogP) is 1.93. The molecule has 0 aliphatic heterocycles. The number of rotatable bonds is 4. The number of hydrogen-bond acceptors (Lipinski definition) is 3. The van der Waals surface area contributed by atoms with Gasteiger partial charge in [-0.2, -0.15) is 0 Å². The lowest BCUT2D eigenvalue weighted by atomic mass is 9.90. The summed E-state index contributed by atoms with van der Waals surface area (Å²) in [6, 6.07) is 0. The molecule has 0 spiro atoms. The van der Waals surface area contributed by atoms with Gasteiger partial charge in [-0.25, -0.2) is 0 Å². The fourth-order valence-electron chi connectivity index (χ4n) is 3.50. The summed E-state index contributed by atoms with van der Waals surface area (Å²) in [4.78, 5) is 11.5. The zero-order valence-electron chi connectivity index (χ0n) is 12.2. The van der Waals surface area contributed by atoms with Gasteiger partial charge in [0.15, 0.2) is 0 Å². The molecule has 0 saturated heterocycles. The van der Waals surface area contributed by atoms with E-state index in [1.54, 1.807) is 13.0 Å². The van der Waals surface area contributed by atoms with E-state index in [-0.39, 0.29) is 23.9 Å². The van der Waals surface area contributed by atoms with Crippen molar-refractivity contribution in [2.75, 3.05) is 0 Å². The standard InChI is InChI=1S/C17H24O3/c1-3-4-5-11(2)16(19)7-6-14-15-10-13(18)8-12(15)9-17(14)20/h6-7,11-12,14-17,19-20H,5,8-10H2,1-2H3/t11?,12-,14+,15-,16+,17+/m0/s1. The third-order valence-electron chi connectivity index (χ3n) is 4.76. The molecule has 0 aromatic rings. The molecular weight excluding hydrogens is 252 g/mol. The van der Waals surface area contributed by atoms with E-state index in [1.807, 2.05) is 13.0 Å². The van der Waals surface area contributed by atoms with Gasteiger partial charge in [-0.05, 0) is 31.1 Å². The largest absolute Gasteiger partial charge is 0.392 e. The fourth-order valence-corrected chi connectivity index (χ4v) is 3.50. The predicted molar refractivity (Wildman–Crippen MR) is 77.7 cm³/mol. The molecule has 0 heterocycles. The smallest absolute Gasteiger partial charge is 0.133 e. The Balaban J connectivity index is 1.95. The SMILES string of the molecule is CC#CCC(C)[C@H](O)C=C[C@@H]1[C@H]2CC(=O)C[C@H]2C[C@H]1O. The van der Waals surface area contributed by atoms with Gasteiger partial charge in [0.05, 0.1) is 12.2 Å². The van der Waals surface area contributed by atoms with Crippen molar-refractivity contribution in [1.82, 2.24) is 0 Å². The minimum Gasteiger partial charge on any atom is -0.392 e. The van der Waals surface area contributed by atoms with Crippen LogP contribution in [0.4, 0.5) is 0 Å². The molecule has 0 radical (unpaired) electrons. The summed E-state index contributed by atoms with van der Waals surface area (Å²) in [6.07, 6.45) is 5.39. The van der Waals surface area contributed by atoms with E-state index in [1.165, 1.54) is 0 Å². The van der Waals surface area contributed by atoms with Gasteiger partial charge >= 0.3 is 0 Å². The quantitative estimate of drug-likeness (QED) is 0.609. The van der Waals surface area contributed by atoms with Gasteiger partial charge in [-0.3, -0.25) is 4.79 Å². The molecule has 0 bridgehead atoms. The highest BCUT2D eigenvalue weighted by molar-refractivity contribution is 5.81. The third-order valence-corrected chi connectivity index (χ3v) is 4.76. The molecule has 0 aromatic heterocycles. The van der Waals surface area contributed by atoms with Crippen LogP contribution in [0, 0.1) is 35.5 Å². The number of hydrogen-bond donors (Lipinski definition) is 2. The van der Waals surface area contributed by atoms with Gasteiger partial charge in [-0.1, -0.05) is 19.1 Å². The molecule has 3 heteroatoms. The molecule has 1 unspecified atom stereocenters. The summed E-state index contributed by atoms with van der Waals surface area (Å²) >= 11 is 0.